The number of hydrogen-bond donors (Lipinski definition) is 1. The highest BCUT2D eigenvalue weighted by molar-refractivity contribution is 5.84. The molecule has 0 aliphatic carbocycles. The number of nitrogens with one attached hydrogen (secondary N) is 1. The van der Waals surface area contributed by atoms with Crippen LogP contribution in [0, 0.1) is 0 Å². The van der Waals surface area contributed by atoms with Gasteiger partial charge in [0, 0.05) is 18.1 Å². The Labute approximate surface area is 172 Å². The summed E-state index contributed by atoms with van der Waals surface area (Å²) in [5, 5.41) is 6.45. The molecule has 3 aromatic rings. The molecule has 0 aliphatic rings. The molecule has 1 atom stereocenters. The van der Waals surface area contributed by atoms with Crippen molar-refractivity contribution in [3.8, 4) is 0 Å². The Hall–Kier alpha value is -3.29. The van der Waals surface area contributed by atoms with Crippen LogP contribution < -0.4 is 5.32 Å². The van der Waals surface area contributed by atoms with Crippen molar-refractivity contribution in [2.75, 3.05) is 5.32 Å². The monoisotopic (exact) mass is 417 g/mol. The largest absolute Gasteiger partial charge is 0.444 e. The predicted octanol–water partition coefficient (Wildman–Crippen LogP) is 5.58. The Morgan fingerprint density at radius 3 is 2.03 bits per heavy atom. The van der Waals surface area contributed by atoms with E-state index < -0.39 is 23.4 Å². The van der Waals surface area contributed by atoms with Gasteiger partial charge in [-0.05, 0) is 50.1 Å². The number of anilines is 1. The predicted molar refractivity (Wildman–Crippen MR) is 107 cm³/mol. The summed E-state index contributed by atoms with van der Waals surface area (Å²) in [4.78, 5) is 11.9. The third kappa shape index (κ3) is 4.17. The second kappa shape index (κ2) is 7.85. The van der Waals surface area contributed by atoms with Gasteiger partial charge < -0.3 is 4.74 Å². The summed E-state index contributed by atoms with van der Waals surface area (Å²) in [5.41, 5.74) is -2.92. The number of nitrogens with zero attached hydrogens (tertiary/aromatic N) is 2. The van der Waals surface area contributed by atoms with Crippen molar-refractivity contribution in [1.82, 2.24) is 9.78 Å². The van der Waals surface area contributed by atoms with Crippen molar-refractivity contribution in [3.63, 3.8) is 0 Å². The quantitative estimate of drug-likeness (QED) is 0.603. The van der Waals surface area contributed by atoms with Crippen LogP contribution in [0.3, 0.4) is 0 Å². The molecule has 158 valence electrons. The van der Waals surface area contributed by atoms with E-state index in [1.54, 1.807) is 39.0 Å². The molecule has 0 bridgehead atoms. The highest BCUT2D eigenvalue weighted by atomic mass is 19.4. The van der Waals surface area contributed by atoms with Crippen molar-refractivity contribution in [3.05, 3.63) is 84.2 Å². The van der Waals surface area contributed by atoms with E-state index in [0.29, 0.717) is 5.69 Å². The van der Waals surface area contributed by atoms with Crippen LogP contribution >= 0.6 is 0 Å². The van der Waals surface area contributed by atoms with Crippen molar-refractivity contribution >= 4 is 11.8 Å². The van der Waals surface area contributed by atoms with E-state index in [-0.39, 0.29) is 11.1 Å². The van der Waals surface area contributed by atoms with Gasteiger partial charge in [0.25, 0.3) is 0 Å². The van der Waals surface area contributed by atoms with Crippen LogP contribution in [0.5, 0.6) is 0 Å². The summed E-state index contributed by atoms with van der Waals surface area (Å²) in [6.45, 7) is 5.16. The van der Waals surface area contributed by atoms with E-state index in [2.05, 4.69) is 10.4 Å². The Kier molecular flexibility index (Phi) is 5.61. The molecule has 5 nitrogen and oxygen atoms in total. The first-order valence-electron chi connectivity index (χ1n) is 9.27. The topological polar surface area (TPSA) is 56.1 Å². The van der Waals surface area contributed by atoms with E-state index in [4.69, 9.17) is 4.74 Å². The summed E-state index contributed by atoms with van der Waals surface area (Å²) >= 11 is 0. The van der Waals surface area contributed by atoms with Gasteiger partial charge in [0.2, 0.25) is 5.54 Å². The minimum absolute atomic E-state index is 0.0223. The van der Waals surface area contributed by atoms with E-state index in [0.717, 1.165) is 4.68 Å². The standard InChI is InChI=1S/C22H22F3N3O2/c1-20(2,3)30-19(29)27-18-12-10-17(11-13-18)21(22(23,24)25,28-15-7-14-26-28)16-8-5-4-6-9-16/h4-15H,1-3H3,(H,27,29). The summed E-state index contributed by atoms with van der Waals surface area (Å²) in [5.74, 6) is 0. The fourth-order valence-electron chi connectivity index (χ4n) is 3.25. The average Bonchev–Trinajstić information content (AvgIpc) is 3.16. The van der Waals surface area contributed by atoms with Crippen LogP contribution in [0.2, 0.25) is 0 Å². The van der Waals surface area contributed by atoms with Gasteiger partial charge in [0.1, 0.15) is 5.60 Å². The molecule has 3 rings (SSSR count). The Morgan fingerprint density at radius 1 is 0.933 bits per heavy atom. The zero-order valence-corrected chi connectivity index (χ0v) is 16.8. The number of rotatable bonds is 4. The first kappa shape index (κ1) is 21.4. The molecule has 0 radical (unpaired) electrons. The number of amides is 1. The summed E-state index contributed by atoms with van der Waals surface area (Å²) < 4.78 is 50.0. The second-order valence-corrected chi connectivity index (χ2v) is 7.73. The minimum Gasteiger partial charge on any atom is -0.444 e. The maximum atomic E-state index is 14.7. The highest BCUT2D eigenvalue weighted by Gasteiger charge is 2.59. The third-order valence-electron chi connectivity index (χ3n) is 4.40. The lowest BCUT2D eigenvalue weighted by Crippen LogP contribution is -2.50. The van der Waals surface area contributed by atoms with Crippen LogP contribution in [-0.4, -0.2) is 27.7 Å². The highest BCUT2D eigenvalue weighted by Crippen LogP contribution is 2.47. The molecule has 2 aromatic carbocycles. The maximum absolute atomic E-state index is 14.7. The summed E-state index contributed by atoms with van der Waals surface area (Å²) in [6, 6.07) is 14.5. The second-order valence-electron chi connectivity index (χ2n) is 7.73. The molecule has 0 fully saturated rings. The lowest BCUT2D eigenvalue weighted by atomic mass is 9.82. The molecular weight excluding hydrogens is 395 g/mol. The molecule has 1 heterocycles. The third-order valence-corrected chi connectivity index (χ3v) is 4.40. The van der Waals surface area contributed by atoms with Gasteiger partial charge in [-0.1, -0.05) is 42.5 Å². The van der Waals surface area contributed by atoms with Crippen LogP contribution in [-0.2, 0) is 10.3 Å². The zero-order valence-electron chi connectivity index (χ0n) is 16.8. The number of carbonyl (C=O) groups is 1. The molecule has 1 aromatic heterocycles. The fourth-order valence-corrected chi connectivity index (χ4v) is 3.25. The first-order valence-corrected chi connectivity index (χ1v) is 9.27. The molecule has 0 spiro atoms. The van der Waals surface area contributed by atoms with E-state index in [1.165, 1.54) is 54.9 Å². The van der Waals surface area contributed by atoms with Gasteiger partial charge in [-0.25, -0.2) is 9.48 Å². The van der Waals surface area contributed by atoms with Gasteiger partial charge >= 0.3 is 12.3 Å². The SMILES string of the molecule is CC(C)(C)OC(=O)Nc1ccc(C(c2ccccc2)(n2cccn2)C(F)(F)F)cc1. The summed E-state index contributed by atoms with van der Waals surface area (Å²) in [7, 11) is 0. The Balaban J connectivity index is 2.07. The van der Waals surface area contributed by atoms with Crippen molar-refractivity contribution < 1.29 is 22.7 Å². The smallest absolute Gasteiger partial charge is 0.422 e. The average molecular weight is 417 g/mol. The van der Waals surface area contributed by atoms with Crippen molar-refractivity contribution in [2.24, 2.45) is 0 Å². The first-order chi connectivity index (χ1) is 14.0. The zero-order chi connectivity index (χ0) is 22.0. The molecule has 0 saturated carbocycles. The molecule has 1 N–H and O–H groups in total. The van der Waals surface area contributed by atoms with Gasteiger partial charge in [-0.15, -0.1) is 0 Å². The number of ether oxygens (including phenoxy) is 1. The number of hydrogen-bond acceptors (Lipinski definition) is 3. The molecule has 0 saturated heterocycles. The molecule has 8 heteroatoms. The molecule has 1 amide bonds. The number of aromatic nitrogens is 2. The maximum Gasteiger partial charge on any atom is 0.422 e. The summed E-state index contributed by atoms with van der Waals surface area (Å²) in [6.07, 6.45) is -2.79. The van der Waals surface area contributed by atoms with Crippen molar-refractivity contribution in [2.45, 2.75) is 38.1 Å². The lowest BCUT2D eigenvalue weighted by Gasteiger charge is -2.37. The normalized spacial score (nSPS) is 14.1. The van der Waals surface area contributed by atoms with Crippen LogP contribution in [0.1, 0.15) is 31.9 Å². The Morgan fingerprint density at radius 2 is 1.53 bits per heavy atom. The lowest BCUT2D eigenvalue weighted by molar-refractivity contribution is -0.189. The number of alkyl halides is 3. The number of carbonyl (C=O) groups excluding carboxylic acids is 1. The van der Waals surface area contributed by atoms with Gasteiger partial charge in [-0.3, -0.25) is 5.32 Å². The number of halogens is 3. The van der Waals surface area contributed by atoms with Crippen LogP contribution in [0.25, 0.3) is 0 Å². The number of benzene rings is 2. The van der Waals surface area contributed by atoms with E-state index >= 15 is 0 Å². The van der Waals surface area contributed by atoms with E-state index in [1.807, 2.05) is 0 Å². The fraction of sp³-hybridized carbons (Fsp3) is 0.273. The van der Waals surface area contributed by atoms with Crippen LogP contribution in [0.15, 0.2) is 73.1 Å². The van der Waals surface area contributed by atoms with Crippen molar-refractivity contribution in [1.29, 1.82) is 0 Å². The van der Waals surface area contributed by atoms with Gasteiger partial charge in [0.05, 0.1) is 0 Å². The van der Waals surface area contributed by atoms with Gasteiger partial charge in [-0.2, -0.15) is 18.3 Å². The molecule has 1 unspecified atom stereocenters. The van der Waals surface area contributed by atoms with E-state index in [9.17, 15) is 18.0 Å². The molecule has 0 aliphatic heterocycles. The van der Waals surface area contributed by atoms with Gasteiger partial charge in [0.15, 0.2) is 0 Å². The molecular formula is C22H22F3N3O2. The minimum atomic E-state index is -4.69. The Bertz CT molecular complexity index is 979. The molecule has 30 heavy (non-hydrogen) atoms. The van der Waals surface area contributed by atoms with Crippen LogP contribution in [0.4, 0.5) is 23.7 Å².